The number of aromatic nitrogens is 2. The Hall–Kier alpha value is -6.52. The molecule has 0 fully saturated rings. The van der Waals surface area contributed by atoms with Crippen LogP contribution in [0, 0.1) is 20.8 Å². The highest BCUT2D eigenvalue weighted by Gasteiger charge is 2.28. The van der Waals surface area contributed by atoms with Crippen molar-refractivity contribution in [3.8, 4) is 0 Å². The Morgan fingerprint density at radius 2 is 0.804 bits per heavy atom. The number of rotatable bonds is 6. The van der Waals surface area contributed by atoms with Crippen molar-refractivity contribution in [1.82, 2.24) is 9.97 Å². The Kier molecular flexibility index (Phi) is 7.44. The molecule has 0 bridgehead atoms. The number of benzene rings is 7. The fourth-order valence-corrected chi connectivity index (χ4v) is 7.47. The van der Waals surface area contributed by atoms with Gasteiger partial charge >= 0.3 is 0 Å². The molecule has 0 spiro atoms. The van der Waals surface area contributed by atoms with Gasteiger partial charge in [0.2, 0.25) is 0 Å². The molecular formula is C47H36N4. The van der Waals surface area contributed by atoms with E-state index in [2.05, 4.69) is 182 Å². The summed E-state index contributed by atoms with van der Waals surface area (Å²) in [5, 5.41) is 9.04. The van der Waals surface area contributed by atoms with Crippen LogP contribution in [0.3, 0.4) is 0 Å². The van der Waals surface area contributed by atoms with E-state index in [0.29, 0.717) is 0 Å². The molecule has 0 saturated carbocycles. The Labute approximate surface area is 297 Å². The van der Waals surface area contributed by atoms with Crippen molar-refractivity contribution in [2.75, 3.05) is 9.80 Å². The normalized spacial score (nSPS) is 11.4. The van der Waals surface area contributed by atoms with Gasteiger partial charge in [0.1, 0.15) is 11.6 Å². The van der Waals surface area contributed by atoms with Crippen LogP contribution in [0.15, 0.2) is 164 Å². The van der Waals surface area contributed by atoms with Crippen LogP contribution < -0.4 is 9.80 Å². The quantitative estimate of drug-likeness (QED) is 0.132. The summed E-state index contributed by atoms with van der Waals surface area (Å²) in [6, 6.07) is 54.1. The molecule has 0 aliphatic carbocycles. The molecule has 0 amide bonds. The monoisotopic (exact) mass is 656 g/mol. The van der Waals surface area contributed by atoms with Crippen molar-refractivity contribution >= 4 is 77.5 Å². The summed E-state index contributed by atoms with van der Waals surface area (Å²) >= 11 is 0. The van der Waals surface area contributed by atoms with Crippen LogP contribution in [-0.2, 0) is 0 Å². The molecule has 0 aliphatic heterocycles. The van der Waals surface area contributed by atoms with Gasteiger partial charge in [-0.25, -0.2) is 9.97 Å². The van der Waals surface area contributed by atoms with Crippen molar-refractivity contribution in [2.24, 2.45) is 0 Å². The maximum absolute atomic E-state index is 5.13. The molecular weight excluding hydrogens is 621 g/mol. The standard InChI is InChI=1S/C47H36N4/c1-31-22-23-40-41(28-31)45(51(37-18-8-5-9-19-37)47-39-21-13-11-15-35(39)25-27-49-47)43-30-33(3)32(2)29-42(43)44(40)50(36-16-6-4-7-17-36)46-38-20-12-10-14-34(38)24-26-48-46/h4-30H,1-3H3. The number of hydrogen-bond acceptors (Lipinski definition) is 4. The van der Waals surface area contributed by atoms with E-state index in [-0.39, 0.29) is 0 Å². The number of hydrogen-bond donors (Lipinski definition) is 0. The van der Waals surface area contributed by atoms with E-state index >= 15 is 0 Å². The molecule has 9 aromatic rings. The van der Waals surface area contributed by atoms with Gasteiger partial charge in [-0.2, -0.15) is 0 Å². The largest absolute Gasteiger partial charge is 0.293 e. The number of aryl methyl sites for hydroxylation is 3. The lowest BCUT2D eigenvalue weighted by atomic mass is 9.92. The molecule has 4 nitrogen and oxygen atoms in total. The zero-order valence-electron chi connectivity index (χ0n) is 28.9. The molecule has 0 radical (unpaired) electrons. The van der Waals surface area contributed by atoms with Gasteiger partial charge in [-0.1, -0.05) is 103 Å². The van der Waals surface area contributed by atoms with Crippen LogP contribution in [0.25, 0.3) is 43.1 Å². The van der Waals surface area contributed by atoms with Crippen LogP contribution >= 0.6 is 0 Å². The smallest absolute Gasteiger partial charge is 0.145 e. The zero-order chi connectivity index (χ0) is 34.5. The Morgan fingerprint density at radius 1 is 0.373 bits per heavy atom. The zero-order valence-corrected chi connectivity index (χ0v) is 28.9. The lowest BCUT2D eigenvalue weighted by molar-refractivity contribution is 1.20. The van der Waals surface area contributed by atoms with Gasteiger partial charge in [0.05, 0.1) is 11.4 Å². The number of nitrogens with zero attached hydrogens (tertiary/aromatic N) is 4. The first-order valence-electron chi connectivity index (χ1n) is 17.4. The summed E-state index contributed by atoms with van der Waals surface area (Å²) in [4.78, 5) is 15.0. The molecule has 51 heavy (non-hydrogen) atoms. The van der Waals surface area contributed by atoms with Crippen molar-refractivity contribution in [3.63, 3.8) is 0 Å². The third kappa shape index (κ3) is 5.15. The summed E-state index contributed by atoms with van der Waals surface area (Å²) in [6.07, 6.45) is 3.85. The maximum Gasteiger partial charge on any atom is 0.145 e. The highest BCUT2D eigenvalue weighted by molar-refractivity contribution is 6.24. The van der Waals surface area contributed by atoms with Gasteiger partial charge < -0.3 is 0 Å². The maximum atomic E-state index is 5.13. The number of anilines is 6. The van der Waals surface area contributed by atoms with Crippen molar-refractivity contribution in [2.45, 2.75) is 20.8 Å². The predicted octanol–water partition coefficient (Wildman–Crippen LogP) is 13.0. The average molecular weight is 657 g/mol. The molecule has 9 rings (SSSR count). The molecule has 0 N–H and O–H groups in total. The first kappa shape index (κ1) is 30.5. The van der Waals surface area contributed by atoms with E-state index in [0.717, 1.165) is 77.5 Å². The van der Waals surface area contributed by atoms with Gasteiger partial charge in [-0.15, -0.1) is 0 Å². The first-order chi connectivity index (χ1) is 25.1. The molecule has 4 heteroatoms. The number of para-hydroxylation sites is 2. The van der Waals surface area contributed by atoms with Crippen LogP contribution in [0.2, 0.25) is 0 Å². The minimum atomic E-state index is 0.893. The second kappa shape index (κ2) is 12.4. The minimum Gasteiger partial charge on any atom is -0.293 e. The first-order valence-corrected chi connectivity index (χ1v) is 17.4. The van der Waals surface area contributed by atoms with Crippen LogP contribution in [0.5, 0.6) is 0 Å². The molecule has 0 unspecified atom stereocenters. The van der Waals surface area contributed by atoms with Crippen LogP contribution in [-0.4, -0.2) is 9.97 Å². The fraction of sp³-hybridized carbons (Fsp3) is 0.0638. The highest BCUT2D eigenvalue weighted by atomic mass is 15.2. The molecule has 2 aromatic heterocycles. The SMILES string of the molecule is Cc1ccc2c(N(c3ccccc3)c3nccc4ccccc34)c3cc(C)c(C)cc3c(N(c3ccccc3)c3nccc4ccccc34)c2c1. The van der Waals surface area contributed by atoms with Gasteiger partial charge in [-0.3, -0.25) is 9.80 Å². The van der Waals surface area contributed by atoms with Gasteiger partial charge in [0.15, 0.2) is 0 Å². The van der Waals surface area contributed by atoms with E-state index < -0.39 is 0 Å². The molecule has 0 aliphatic rings. The average Bonchev–Trinajstić information content (AvgIpc) is 3.17. The summed E-state index contributed by atoms with van der Waals surface area (Å²) in [5.74, 6) is 1.79. The third-order valence-electron chi connectivity index (χ3n) is 10.0. The molecule has 7 aromatic carbocycles. The summed E-state index contributed by atoms with van der Waals surface area (Å²) in [5.41, 5.74) is 7.94. The molecule has 2 heterocycles. The van der Waals surface area contributed by atoms with E-state index in [1.165, 1.54) is 16.7 Å². The number of pyridine rings is 2. The van der Waals surface area contributed by atoms with Crippen molar-refractivity contribution in [3.05, 3.63) is 181 Å². The fourth-order valence-electron chi connectivity index (χ4n) is 7.47. The van der Waals surface area contributed by atoms with E-state index in [1.54, 1.807) is 0 Å². The second-order valence-corrected chi connectivity index (χ2v) is 13.3. The predicted molar refractivity (Wildman–Crippen MR) is 216 cm³/mol. The number of fused-ring (bicyclic) bond motifs is 4. The van der Waals surface area contributed by atoms with E-state index in [4.69, 9.17) is 9.97 Å². The summed E-state index contributed by atoms with van der Waals surface area (Å²) in [6.45, 7) is 6.60. The van der Waals surface area contributed by atoms with Gasteiger partial charge in [0.25, 0.3) is 0 Å². The van der Waals surface area contributed by atoms with E-state index in [9.17, 15) is 0 Å². The van der Waals surface area contributed by atoms with Crippen LogP contribution in [0.1, 0.15) is 16.7 Å². The Morgan fingerprint density at radius 3 is 1.31 bits per heavy atom. The van der Waals surface area contributed by atoms with Crippen molar-refractivity contribution < 1.29 is 0 Å². The topological polar surface area (TPSA) is 32.3 Å². The minimum absolute atomic E-state index is 0.893. The molecule has 0 atom stereocenters. The summed E-state index contributed by atoms with van der Waals surface area (Å²) in [7, 11) is 0. The van der Waals surface area contributed by atoms with Crippen LogP contribution in [0.4, 0.5) is 34.4 Å². The lowest BCUT2D eigenvalue weighted by Gasteiger charge is -2.33. The van der Waals surface area contributed by atoms with Gasteiger partial charge in [-0.05, 0) is 97.3 Å². The Balaban J connectivity index is 1.48. The van der Waals surface area contributed by atoms with E-state index in [1.807, 2.05) is 12.4 Å². The second-order valence-electron chi connectivity index (χ2n) is 13.3. The molecule has 244 valence electrons. The third-order valence-corrected chi connectivity index (χ3v) is 10.0. The summed E-state index contributed by atoms with van der Waals surface area (Å²) < 4.78 is 0. The Bertz CT molecular complexity index is 2730. The van der Waals surface area contributed by atoms with Gasteiger partial charge in [0, 0.05) is 56.1 Å². The highest BCUT2D eigenvalue weighted by Crippen LogP contribution is 2.52. The lowest BCUT2D eigenvalue weighted by Crippen LogP contribution is -2.16. The van der Waals surface area contributed by atoms with Crippen molar-refractivity contribution in [1.29, 1.82) is 0 Å². The molecule has 0 saturated heterocycles.